The first kappa shape index (κ1) is 11.5. The van der Waals surface area contributed by atoms with Gasteiger partial charge in [-0.15, -0.1) is 6.58 Å². The second-order valence-electron chi connectivity index (χ2n) is 2.59. The molecule has 0 heterocycles. The second kappa shape index (κ2) is 10.7. The van der Waals surface area contributed by atoms with Crippen LogP contribution in [0.3, 0.4) is 0 Å². The molecule has 0 radical (unpaired) electrons. The summed E-state index contributed by atoms with van der Waals surface area (Å²) in [5.41, 5.74) is 0. The van der Waals surface area contributed by atoms with Gasteiger partial charge in [0.1, 0.15) is 0 Å². The van der Waals surface area contributed by atoms with E-state index < -0.39 is 0 Å². The molecule has 0 bridgehead atoms. The van der Waals surface area contributed by atoms with E-state index in [0.29, 0.717) is 0 Å². The summed E-state index contributed by atoms with van der Waals surface area (Å²) in [5, 5.41) is 0. The van der Waals surface area contributed by atoms with E-state index in [2.05, 4.69) is 27.4 Å². The zero-order chi connectivity index (χ0) is 7.70. The van der Waals surface area contributed by atoms with E-state index in [1.807, 2.05) is 6.92 Å². The van der Waals surface area contributed by atoms with Crippen molar-refractivity contribution in [3.05, 3.63) is 12.7 Å². The molecule has 0 aliphatic heterocycles. The molecule has 0 aromatic heterocycles. The van der Waals surface area contributed by atoms with Crippen LogP contribution in [0.25, 0.3) is 0 Å². The molecule has 0 aromatic rings. The lowest BCUT2D eigenvalue weighted by Crippen LogP contribution is -1.81. The average Bonchev–Trinajstić information content (AvgIpc) is 1.67. The molecule has 0 aliphatic carbocycles. The lowest BCUT2D eigenvalue weighted by atomic mass is 10.1. The van der Waals surface area contributed by atoms with E-state index >= 15 is 0 Å². The summed E-state index contributed by atoms with van der Waals surface area (Å²) in [5.74, 6) is 0.898. The second-order valence-corrected chi connectivity index (χ2v) is 2.59. The normalized spacial score (nSPS) is 8.11. The zero-order valence-electron chi connectivity index (χ0n) is 7.28. The SMILES string of the molecule is C=CC.CCCC(C)C. The molecule has 0 nitrogen and oxygen atoms in total. The highest BCUT2D eigenvalue weighted by Crippen LogP contribution is 2.00. The van der Waals surface area contributed by atoms with Crippen molar-refractivity contribution in [2.45, 2.75) is 40.5 Å². The zero-order valence-corrected chi connectivity index (χ0v) is 7.28. The predicted molar refractivity (Wildman–Crippen MR) is 45.6 cm³/mol. The summed E-state index contributed by atoms with van der Waals surface area (Å²) < 4.78 is 0. The van der Waals surface area contributed by atoms with Crippen molar-refractivity contribution in [1.29, 1.82) is 0 Å². The van der Waals surface area contributed by atoms with Crippen molar-refractivity contribution >= 4 is 0 Å². The molecule has 0 rings (SSSR count). The third-order valence-electron chi connectivity index (χ3n) is 0.866. The third kappa shape index (κ3) is 34.0. The largest absolute Gasteiger partial charge is 0.103 e. The standard InChI is InChI=1S/C6H14.C3H6/c1-4-5-6(2)3;1-3-2/h6H,4-5H2,1-3H3;3H,1H2,2H3. The number of allylic oxidation sites excluding steroid dienone is 1. The molecule has 0 aromatic carbocycles. The Labute approximate surface area is 60.0 Å². The smallest absolute Gasteiger partial charge is 0.0471 e. The van der Waals surface area contributed by atoms with Gasteiger partial charge in [-0.2, -0.15) is 0 Å². The van der Waals surface area contributed by atoms with Gasteiger partial charge in [-0.1, -0.05) is 39.7 Å². The fourth-order valence-electron chi connectivity index (χ4n) is 0.577. The monoisotopic (exact) mass is 128 g/mol. The van der Waals surface area contributed by atoms with Gasteiger partial charge in [0.25, 0.3) is 0 Å². The van der Waals surface area contributed by atoms with Crippen LogP contribution in [0.4, 0.5) is 0 Å². The van der Waals surface area contributed by atoms with Gasteiger partial charge in [-0.05, 0) is 12.8 Å². The van der Waals surface area contributed by atoms with Crippen molar-refractivity contribution < 1.29 is 0 Å². The van der Waals surface area contributed by atoms with Gasteiger partial charge in [0.05, 0.1) is 0 Å². The van der Waals surface area contributed by atoms with E-state index in [1.54, 1.807) is 6.08 Å². The molecule has 0 spiro atoms. The average molecular weight is 128 g/mol. The maximum absolute atomic E-state index is 3.36. The van der Waals surface area contributed by atoms with Gasteiger partial charge in [-0.3, -0.25) is 0 Å². The molecular formula is C9H20. The van der Waals surface area contributed by atoms with Crippen molar-refractivity contribution in [3.8, 4) is 0 Å². The van der Waals surface area contributed by atoms with Crippen LogP contribution in [0.1, 0.15) is 40.5 Å². The number of hydrogen-bond donors (Lipinski definition) is 0. The minimum absolute atomic E-state index is 0.898. The summed E-state index contributed by atoms with van der Waals surface area (Å²) in [6, 6.07) is 0. The van der Waals surface area contributed by atoms with Crippen LogP contribution in [0, 0.1) is 5.92 Å². The quantitative estimate of drug-likeness (QED) is 0.498. The van der Waals surface area contributed by atoms with Crippen LogP contribution in [0.5, 0.6) is 0 Å². The lowest BCUT2D eigenvalue weighted by Gasteiger charge is -1.95. The molecule has 0 unspecified atom stereocenters. The minimum Gasteiger partial charge on any atom is -0.103 e. The molecular weight excluding hydrogens is 108 g/mol. The Hall–Kier alpha value is -0.260. The Balaban J connectivity index is 0. The summed E-state index contributed by atoms with van der Waals surface area (Å²) in [7, 11) is 0. The summed E-state index contributed by atoms with van der Waals surface area (Å²) in [4.78, 5) is 0. The van der Waals surface area contributed by atoms with Gasteiger partial charge >= 0.3 is 0 Å². The molecule has 0 N–H and O–H groups in total. The Morgan fingerprint density at radius 1 is 1.44 bits per heavy atom. The highest BCUT2D eigenvalue weighted by Gasteiger charge is 1.85. The molecule has 0 heteroatoms. The number of rotatable bonds is 2. The highest BCUT2D eigenvalue weighted by molar-refractivity contribution is 4.51. The van der Waals surface area contributed by atoms with Crippen LogP contribution >= 0.6 is 0 Å². The summed E-state index contributed by atoms with van der Waals surface area (Å²) >= 11 is 0. The fourth-order valence-corrected chi connectivity index (χ4v) is 0.577. The highest BCUT2D eigenvalue weighted by atomic mass is 13.9. The maximum atomic E-state index is 3.36. The first-order chi connectivity index (χ1) is 4.18. The third-order valence-corrected chi connectivity index (χ3v) is 0.866. The van der Waals surface area contributed by atoms with Crippen molar-refractivity contribution in [2.75, 3.05) is 0 Å². The van der Waals surface area contributed by atoms with E-state index in [1.165, 1.54) is 12.8 Å². The van der Waals surface area contributed by atoms with E-state index in [0.717, 1.165) is 5.92 Å². The summed E-state index contributed by atoms with van der Waals surface area (Å²) in [6.45, 7) is 12.0. The maximum Gasteiger partial charge on any atom is -0.0471 e. The molecule has 0 aliphatic rings. The lowest BCUT2D eigenvalue weighted by molar-refractivity contribution is 0.576. The van der Waals surface area contributed by atoms with Crippen LogP contribution < -0.4 is 0 Å². The first-order valence-electron chi connectivity index (χ1n) is 3.76. The van der Waals surface area contributed by atoms with E-state index in [4.69, 9.17) is 0 Å². The molecule has 56 valence electrons. The summed E-state index contributed by atoms with van der Waals surface area (Å²) in [6.07, 6.45) is 4.46. The van der Waals surface area contributed by atoms with Crippen LogP contribution in [-0.2, 0) is 0 Å². The van der Waals surface area contributed by atoms with Gasteiger partial charge in [0, 0.05) is 0 Å². The van der Waals surface area contributed by atoms with Gasteiger partial charge in [0.15, 0.2) is 0 Å². The topological polar surface area (TPSA) is 0 Å². The molecule has 0 amide bonds. The Morgan fingerprint density at radius 3 is 1.78 bits per heavy atom. The van der Waals surface area contributed by atoms with Crippen molar-refractivity contribution in [1.82, 2.24) is 0 Å². The fraction of sp³-hybridized carbons (Fsp3) is 0.778. The van der Waals surface area contributed by atoms with Crippen molar-refractivity contribution in [3.63, 3.8) is 0 Å². The van der Waals surface area contributed by atoms with Crippen LogP contribution in [-0.4, -0.2) is 0 Å². The molecule has 0 saturated heterocycles. The number of hydrogen-bond acceptors (Lipinski definition) is 0. The van der Waals surface area contributed by atoms with E-state index in [9.17, 15) is 0 Å². The van der Waals surface area contributed by atoms with Crippen molar-refractivity contribution in [2.24, 2.45) is 5.92 Å². The molecule has 9 heavy (non-hydrogen) atoms. The van der Waals surface area contributed by atoms with Crippen LogP contribution in [0.15, 0.2) is 12.7 Å². The molecule has 0 fully saturated rings. The van der Waals surface area contributed by atoms with Crippen LogP contribution in [0.2, 0.25) is 0 Å². The van der Waals surface area contributed by atoms with Gasteiger partial charge in [0.2, 0.25) is 0 Å². The van der Waals surface area contributed by atoms with Gasteiger partial charge < -0.3 is 0 Å². The Morgan fingerprint density at radius 2 is 1.78 bits per heavy atom. The molecule has 0 atom stereocenters. The van der Waals surface area contributed by atoms with Gasteiger partial charge in [-0.25, -0.2) is 0 Å². The Kier molecular flexibility index (Phi) is 13.7. The predicted octanol–water partition coefficient (Wildman–Crippen LogP) is 3.63. The first-order valence-corrected chi connectivity index (χ1v) is 3.76. The van der Waals surface area contributed by atoms with E-state index in [-0.39, 0.29) is 0 Å². The minimum atomic E-state index is 0.898. The Bertz CT molecular complexity index is 44.0. The molecule has 0 saturated carbocycles.